The average molecular weight is 282 g/mol. The molecule has 1 fully saturated rings. The second-order valence-electron chi connectivity index (χ2n) is 5.03. The highest BCUT2D eigenvalue weighted by atomic mass is 35.5. The normalized spacial score (nSPS) is 19.3. The number of piperidine rings is 1. The SMILES string of the molecule is COc1cccc(CC(=O)N2CCCC(CCl)C2)c1. The van der Waals surface area contributed by atoms with Crippen LogP contribution in [-0.2, 0) is 11.2 Å². The first-order valence-corrected chi connectivity index (χ1v) is 7.23. The summed E-state index contributed by atoms with van der Waals surface area (Å²) in [5.74, 6) is 2.07. The van der Waals surface area contributed by atoms with Gasteiger partial charge in [0.1, 0.15) is 5.75 Å². The summed E-state index contributed by atoms with van der Waals surface area (Å²) in [7, 11) is 1.64. The molecule has 1 amide bonds. The Morgan fingerprint density at radius 3 is 3.11 bits per heavy atom. The average Bonchev–Trinajstić information content (AvgIpc) is 2.47. The first kappa shape index (κ1) is 14.2. The fourth-order valence-electron chi connectivity index (χ4n) is 2.49. The smallest absolute Gasteiger partial charge is 0.227 e. The Hall–Kier alpha value is -1.22. The van der Waals surface area contributed by atoms with E-state index in [4.69, 9.17) is 16.3 Å². The molecule has 1 aliphatic heterocycles. The molecule has 1 saturated heterocycles. The van der Waals surface area contributed by atoms with Crippen molar-refractivity contribution in [3.63, 3.8) is 0 Å². The highest BCUT2D eigenvalue weighted by molar-refractivity contribution is 6.18. The van der Waals surface area contributed by atoms with E-state index in [1.54, 1.807) is 7.11 Å². The highest BCUT2D eigenvalue weighted by Gasteiger charge is 2.22. The van der Waals surface area contributed by atoms with E-state index in [2.05, 4.69) is 0 Å². The van der Waals surface area contributed by atoms with Crippen molar-refractivity contribution in [1.82, 2.24) is 4.90 Å². The Morgan fingerprint density at radius 2 is 2.37 bits per heavy atom. The van der Waals surface area contributed by atoms with Crippen molar-refractivity contribution in [2.45, 2.75) is 19.3 Å². The zero-order chi connectivity index (χ0) is 13.7. The van der Waals surface area contributed by atoms with Crippen LogP contribution in [0.25, 0.3) is 0 Å². The number of methoxy groups -OCH3 is 1. The van der Waals surface area contributed by atoms with Gasteiger partial charge in [-0.3, -0.25) is 4.79 Å². The van der Waals surface area contributed by atoms with E-state index in [0.717, 1.165) is 37.2 Å². The third kappa shape index (κ3) is 3.87. The minimum atomic E-state index is 0.183. The number of ether oxygens (including phenoxy) is 1. The molecule has 1 aromatic carbocycles. The van der Waals surface area contributed by atoms with Gasteiger partial charge in [-0.2, -0.15) is 0 Å². The predicted molar refractivity (Wildman–Crippen MR) is 76.7 cm³/mol. The highest BCUT2D eigenvalue weighted by Crippen LogP contribution is 2.19. The molecule has 0 spiro atoms. The summed E-state index contributed by atoms with van der Waals surface area (Å²) in [6, 6.07) is 7.68. The number of carbonyl (C=O) groups excluding carboxylic acids is 1. The van der Waals surface area contributed by atoms with Crippen molar-refractivity contribution in [1.29, 1.82) is 0 Å². The Balaban J connectivity index is 1.96. The Bertz CT molecular complexity index is 436. The quantitative estimate of drug-likeness (QED) is 0.794. The van der Waals surface area contributed by atoms with Crippen molar-refractivity contribution in [2.75, 3.05) is 26.1 Å². The minimum Gasteiger partial charge on any atom is -0.497 e. The lowest BCUT2D eigenvalue weighted by molar-refractivity contribution is -0.132. The summed E-state index contributed by atoms with van der Waals surface area (Å²) in [6.07, 6.45) is 2.62. The van der Waals surface area contributed by atoms with Crippen molar-refractivity contribution in [2.24, 2.45) is 5.92 Å². The molecule has 1 atom stereocenters. The topological polar surface area (TPSA) is 29.5 Å². The van der Waals surface area contributed by atoms with Gasteiger partial charge >= 0.3 is 0 Å². The molecule has 1 heterocycles. The summed E-state index contributed by atoms with van der Waals surface area (Å²) >= 11 is 5.90. The summed E-state index contributed by atoms with van der Waals surface area (Å²) in [5, 5.41) is 0. The number of alkyl halides is 1. The van der Waals surface area contributed by atoms with Crippen LogP contribution in [0.4, 0.5) is 0 Å². The number of halogens is 1. The molecule has 0 aromatic heterocycles. The van der Waals surface area contributed by atoms with E-state index in [1.165, 1.54) is 0 Å². The predicted octanol–water partition coefficient (Wildman–Crippen LogP) is 2.72. The van der Waals surface area contributed by atoms with Crippen LogP contribution in [0.2, 0.25) is 0 Å². The monoisotopic (exact) mass is 281 g/mol. The molecule has 0 radical (unpaired) electrons. The summed E-state index contributed by atoms with van der Waals surface area (Å²) < 4.78 is 5.17. The molecule has 0 saturated carbocycles. The van der Waals surface area contributed by atoms with E-state index in [1.807, 2.05) is 29.2 Å². The van der Waals surface area contributed by atoms with Gasteiger partial charge in [-0.25, -0.2) is 0 Å². The lowest BCUT2D eigenvalue weighted by Gasteiger charge is -2.32. The van der Waals surface area contributed by atoms with Gasteiger partial charge in [-0.05, 0) is 36.5 Å². The van der Waals surface area contributed by atoms with E-state index in [0.29, 0.717) is 18.2 Å². The van der Waals surface area contributed by atoms with Gasteiger partial charge in [0.25, 0.3) is 0 Å². The maximum Gasteiger partial charge on any atom is 0.227 e. The molecule has 3 nitrogen and oxygen atoms in total. The van der Waals surface area contributed by atoms with Gasteiger partial charge in [0.2, 0.25) is 5.91 Å². The first-order valence-electron chi connectivity index (χ1n) is 6.69. The molecular formula is C15H20ClNO2. The van der Waals surface area contributed by atoms with Gasteiger partial charge in [0.15, 0.2) is 0 Å². The number of nitrogens with zero attached hydrogens (tertiary/aromatic N) is 1. The number of amides is 1. The van der Waals surface area contributed by atoms with Crippen molar-refractivity contribution >= 4 is 17.5 Å². The van der Waals surface area contributed by atoms with Gasteiger partial charge in [-0.1, -0.05) is 12.1 Å². The largest absolute Gasteiger partial charge is 0.497 e. The molecule has 4 heteroatoms. The second kappa shape index (κ2) is 6.80. The lowest BCUT2D eigenvalue weighted by atomic mass is 9.99. The van der Waals surface area contributed by atoms with E-state index >= 15 is 0 Å². The van der Waals surface area contributed by atoms with Crippen molar-refractivity contribution < 1.29 is 9.53 Å². The maximum absolute atomic E-state index is 12.3. The van der Waals surface area contributed by atoms with Gasteiger partial charge in [-0.15, -0.1) is 11.6 Å². The molecular weight excluding hydrogens is 262 g/mol. The zero-order valence-electron chi connectivity index (χ0n) is 11.3. The zero-order valence-corrected chi connectivity index (χ0v) is 12.0. The molecule has 0 aliphatic carbocycles. The molecule has 0 bridgehead atoms. The van der Waals surface area contributed by atoms with E-state index < -0.39 is 0 Å². The summed E-state index contributed by atoms with van der Waals surface area (Å²) in [6.45, 7) is 1.66. The summed E-state index contributed by atoms with van der Waals surface area (Å²) in [5.41, 5.74) is 0.998. The van der Waals surface area contributed by atoms with Crippen LogP contribution in [0.15, 0.2) is 24.3 Å². The number of hydrogen-bond donors (Lipinski definition) is 0. The first-order chi connectivity index (χ1) is 9.22. The number of hydrogen-bond acceptors (Lipinski definition) is 2. The third-order valence-corrected chi connectivity index (χ3v) is 4.02. The minimum absolute atomic E-state index is 0.183. The molecule has 2 rings (SSSR count). The number of rotatable bonds is 4. The Kier molecular flexibility index (Phi) is 5.08. The summed E-state index contributed by atoms with van der Waals surface area (Å²) in [4.78, 5) is 14.2. The lowest BCUT2D eigenvalue weighted by Crippen LogP contribution is -2.41. The molecule has 0 N–H and O–H groups in total. The Labute approximate surface area is 119 Å². The number of likely N-dealkylation sites (tertiary alicyclic amines) is 1. The van der Waals surface area contributed by atoms with Crippen LogP contribution in [0.1, 0.15) is 18.4 Å². The van der Waals surface area contributed by atoms with Gasteiger partial charge < -0.3 is 9.64 Å². The maximum atomic E-state index is 12.3. The Morgan fingerprint density at radius 1 is 1.53 bits per heavy atom. The third-order valence-electron chi connectivity index (χ3n) is 3.58. The van der Waals surface area contributed by atoms with E-state index in [9.17, 15) is 4.79 Å². The second-order valence-corrected chi connectivity index (χ2v) is 5.34. The molecule has 1 unspecified atom stereocenters. The van der Waals surface area contributed by atoms with Crippen LogP contribution in [0, 0.1) is 5.92 Å². The molecule has 104 valence electrons. The van der Waals surface area contributed by atoms with Crippen LogP contribution in [-0.4, -0.2) is 36.9 Å². The van der Waals surface area contributed by atoms with E-state index in [-0.39, 0.29) is 5.91 Å². The fourth-order valence-corrected chi connectivity index (χ4v) is 2.74. The van der Waals surface area contributed by atoms with Crippen LogP contribution < -0.4 is 4.74 Å². The van der Waals surface area contributed by atoms with Gasteiger partial charge in [0, 0.05) is 19.0 Å². The van der Waals surface area contributed by atoms with Crippen molar-refractivity contribution in [3.05, 3.63) is 29.8 Å². The molecule has 19 heavy (non-hydrogen) atoms. The number of carbonyl (C=O) groups is 1. The van der Waals surface area contributed by atoms with Gasteiger partial charge in [0.05, 0.1) is 13.5 Å². The van der Waals surface area contributed by atoms with Crippen molar-refractivity contribution in [3.8, 4) is 5.75 Å². The van der Waals surface area contributed by atoms with Crippen LogP contribution in [0.3, 0.4) is 0 Å². The molecule has 1 aromatic rings. The van der Waals surface area contributed by atoms with Crippen LogP contribution >= 0.6 is 11.6 Å². The standard InChI is InChI=1S/C15H20ClNO2/c1-19-14-6-2-4-12(8-14)9-15(18)17-7-3-5-13(10-16)11-17/h2,4,6,8,13H,3,5,7,9-11H2,1H3. The number of benzene rings is 1. The van der Waals surface area contributed by atoms with Crippen LogP contribution in [0.5, 0.6) is 5.75 Å². The fraction of sp³-hybridized carbons (Fsp3) is 0.533. The molecule has 1 aliphatic rings.